The molecule has 6 nitrogen and oxygen atoms in total. The van der Waals surface area contributed by atoms with Crippen molar-refractivity contribution in [3.63, 3.8) is 0 Å². The van der Waals surface area contributed by atoms with Crippen LogP contribution in [0.2, 0.25) is 0 Å². The van der Waals surface area contributed by atoms with Gasteiger partial charge in [-0.2, -0.15) is 0 Å². The van der Waals surface area contributed by atoms with Gasteiger partial charge in [-0.1, -0.05) is 19.0 Å². The lowest BCUT2D eigenvalue weighted by molar-refractivity contribution is 0.295. The minimum Gasteiger partial charge on any atom is -0.409 e. The molecule has 0 saturated heterocycles. The van der Waals surface area contributed by atoms with E-state index in [4.69, 9.17) is 10.9 Å². The summed E-state index contributed by atoms with van der Waals surface area (Å²) in [4.78, 5) is 1.98. The van der Waals surface area contributed by atoms with Crippen molar-refractivity contribution >= 4 is 15.7 Å². The van der Waals surface area contributed by atoms with Gasteiger partial charge < -0.3 is 15.8 Å². The van der Waals surface area contributed by atoms with Crippen LogP contribution >= 0.6 is 0 Å². The summed E-state index contributed by atoms with van der Waals surface area (Å²) in [5, 5.41) is 11.4. The van der Waals surface area contributed by atoms with E-state index in [0.29, 0.717) is 19.5 Å². The summed E-state index contributed by atoms with van der Waals surface area (Å²) in [5.41, 5.74) is 5.46. The van der Waals surface area contributed by atoms with E-state index in [9.17, 15) is 8.42 Å². The number of nitrogens with two attached hydrogens (primary N) is 1. The maximum absolute atomic E-state index is 11.3. The Bertz CT molecular complexity index is 341. The number of hydrogen-bond donors (Lipinski definition) is 2. The first-order valence-electron chi connectivity index (χ1n) is 5.68. The van der Waals surface area contributed by atoms with Gasteiger partial charge in [0, 0.05) is 18.2 Å². The molecule has 7 heteroatoms. The van der Waals surface area contributed by atoms with Crippen LogP contribution in [-0.4, -0.2) is 56.0 Å². The highest BCUT2D eigenvalue weighted by Crippen LogP contribution is 2.01. The Balaban J connectivity index is 3.93. The van der Waals surface area contributed by atoms with Gasteiger partial charge in [-0.05, 0) is 20.0 Å². The molecule has 0 radical (unpaired) electrons. The zero-order valence-corrected chi connectivity index (χ0v) is 11.6. The van der Waals surface area contributed by atoms with Crippen molar-refractivity contribution in [2.75, 3.05) is 31.6 Å². The quantitative estimate of drug-likeness (QED) is 0.281. The molecule has 3 N–H and O–H groups in total. The number of rotatable bonds is 8. The van der Waals surface area contributed by atoms with Crippen LogP contribution in [-0.2, 0) is 9.84 Å². The highest BCUT2D eigenvalue weighted by Gasteiger charge is 2.12. The predicted molar refractivity (Wildman–Crippen MR) is 69.0 cm³/mol. The van der Waals surface area contributed by atoms with E-state index in [1.165, 1.54) is 0 Å². The van der Waals surface area contributed by atoms with Crippen LogP contribution in [0.4, 0.5) is 0 Å². The van der Waals surface area contributed by atoms with Gasteiger partial charge in [-0.15, -0.1) is 0 Å². The van der Waals surface area contributed by atoms with Crippen LogP contribution in [0.1, 0.15) is 20.3 Å². The topological polar surface area (TPSA) is 96.0 Å². The van der Waals surface area contributed by atoms with E-state index in [1.54, 1.807) is 6.92 Å². The van der Waals surface area contributed by atoms with Crippen molar-refractivity contribution in [1.29, 1.82) is 0 Å². The average Bonchev–Trinajstić information content (AvgIpc) is 2.27. The fraction of sp³-hybridized carbons (Fsp3) is 0.900. The van der Waals surface area contributed by atoms with Crippen molar-refractivity contribution in [3.8, 4) is 0 Å². The van der Waals surface area contributed by atoms with Crippen LogP contribution in [0, 0.1) is 5.92 Å². The Morgan fingerprint density at radius 1 is 1.53 bits per heavy atom. The summed E-state index contributed by atoms with van der Waals surface area (Å²) in [5.74, 6) is 0.550. The third kappa shape index (κ3) is 7.17. The molecule has 0 bridgehead atoms. The van der Waals surface area contributed by atoms with E-state index in [-0.39, 0.29) is 23.3 Å². The van der Waals surface area contributed by atoms with Crippen LogP contribution < -0.4 is 5.73 Å². The van der Waals surface area contributed by atoms with E-state index >= 15 is 0 Å². The largest absolute Gasteiger partial charge is 0.409 e. The second kappa shape index (κ2) is 7.50. The molecule has 0 aliphatic carbocycles. The summed E-state index contributed by atoms with van der Waals surface area (Å²) < 4.78 is 22.5. The van der Waals surface area contributed by atoms with E-state index < -0.39 is 9.84 Å². The third-order valence-corrected chi connectivity index (χ3v) is 4.43. The maximum Gasteiger partial charge on any atom is 0.150 e. The summed E-state index contributed by atoms with van der Waals surface area (Å²) in [6, 6.07) is 0. The Hall–Kier alpha value is -0.820. The van der Waals surface area contributed by atoms with Gasteiger partial charge in [0.05, 0.1) is 5.75 Å². The number of sulfone groups is 1. The molecule has 0 fully saturated rings. The SMILES string of the molecule is CCS(=O)(=O)CCCN(C)CC(C)C(N)=NO. The molecule has 0 heterocycles. The fourth-order valence-electron chi connectivity index (χ4n) is 1.45. The fourth-order valence-corrected chi connectivity index (χ4v) is 2.31. The van der Waals surface area contributed by atoms with Crippen molar-refractivity contribution < 1.29 is 13.6 Å². The van der Waals surface area contributed by atoms with Crippen LogP contribution in [0.25, 0.3) is 0 Å². The van der Waals surface area contributed by atoms with E-state index in [2.05, 4.69) is 5.16 Å². The smallest absolute Gasteiger partial charge is 0.150 e. The van der Waals surface area contributed by atoms with Crippen molar-refractivity contribution in [1.82, 2.24) is 4.90 Å². The second-order valence-corrected chi connectivity index (χ2v) is 6.75. The lowest BCUT2D eigenvalue weighted by Crippen LogP contribution is -2.33. The molecule has 0 amide bonds. The second-order valence-electron chi connectivity index (χ2n) is 4.28. The summed E-state index contributed by atoms with van der Waals surface area (Å²) >= 11 is 0. The van der Waals surface area contributed by atoms with E-state index in [1.807, 2.05) is 18.9 Å². The number of hydrogen-bond acceptors (Lipinski definition) is 5. The molecular formula is C10H23N3O3S. The molecule has 0 aromatic carbocycles. The van der Waals surface area contributed by atoms with Crippen molar-refractivity contribution in [2.45, 2.75) is 20.3 Å². The molecule has 0 rings (SSSR count). The standard InChI is InChI=1S/C10H23N3O3S/c1-4-17(15,16)7-5-6-13(3)8-9(2)10(11)12-14/h9,14H,4-8H2,1-3H3,(H2,11,12). The first-order chi connectivity index (χ1) is 7.82. The first-order valence-corrected chi connectivity index (χ1v) is 7.51. The van der Waals surface area contributed by atoms with Gasteiger partial charge in [0.15, 0.2) is 0 Å². The molecule has 0 saturated carbocycles. The lowest BCUT2D eigenvalue weighted by Gasteiger charge is -2.20. The Labute approximate surface area is 103 Å². The molecule has 0 aromatic heterocycles. The highest BCUT2D eigenvalue weighted by atomic mass is 32.2. The average molecular weight is 265 g/mol. The lowest BCUT2D eigenvalue weighted by atomic mass is 10.1. The zero-order chi connectivity index (χ0) is 13.5. The van der Waals surface area contributed by atoms with Gasteiger partial charge in [0.25, 0.3) is 0 Å². The predicted octanol–water partition coefficient (Wildman–Crippen LogP) is 0.126. The van der Waals surface area contributed by atoms with E-state index in [0.717, 1.165) is 0 Å². The molecule has 0 aliphatic rings. The molecular weight excluding hydrogens is 242 g/mol. The van der Waals surface area contributed by atoms with Gasteiger partial charge in [-0.25, -0.2) is 8.42 Å². The number of oxime groups is 1. The summed E-state index contributed by atoms with van der Waals surface area (Å²) in [7, 11) is -0.991. The van der Waals surface area contributed by atoms with Gasteiger partial charge in [0.2, 0.25) is 0 Å². The van der Waals surface area contributed by atoms with Gasteiger partial charge in [-0.3, -0.25) is 0 Å². The molecule has 17 heavy (non-hydrogen) atoms. The Morgan fingerprint density at radius 3 is 2.59 bits per heavy atom. The third-order valence-electron chi connectivity index (χ3n) is 2.64. The zero-order valence-electron chi connectivity index (χ0n) is 10.8. The normalized spacial score (nSPS) is 15.2. The van der Waals surface area contributed by atoms with Gasteiger partial charge in [0.1, 0.15) is 15.7 Å². The Morgan fingerprint density at radius 2 is 2.12 bits per heavy atom. The van der Waals surface area contributed by atoms with Crippen LogP contribution in [0.3, 0.4) is 0 Å². The van der Waals surface area contributed by atoms with Crippen molar-refractivity contribution in [3.05, 3.63) is 0 Å². The minimum absolute atomic E-state index is 0.0483. The molecule has 1 unspecified atom stereocenters. The summed E-state index contributed by atoms with van der Waals surface area (Å²) in [6.45, 7) is 4.83. The molecule has 1 atom stereocenters. The molecule has 102 valence electrons. The monoisotopic (exact) mass is 265 g/mol. The van der Waals surface area contributed by atoms with Gasteiger partial charge >= 0.3 is 0 Å². The maximum atomic E-state index is 11.3. The van der Waals surface area contributed by atoms with Crippen LogP contribution in [0.5, 0.6) is 0 Å². The molecule has 0 spiro atoms. The highest BCUT2D eigenvalue weighted by molar-refractivity contribution is 7.91. The minimum atomic E-state index is -2.88. The molecule has 0 aromatic rings. The molecule has 0 aliphatic heterocycles. The summed E-state index contributed by atoms with van der Waals surface area (Å²) in [6.07, 6.45) is 0.607. The van der Waals surface area contributed by atoms with Crippen molar-refractivity contribution in [2.24, 2.45) is 16.8 Å². The Kier molecular flexibility index (Phi) is 7.13. The first kappa shape index (κ1) is 16.2. The number of nitrogens with zero attached hydrogens (tertiary/aromatic N) is 2. The van der Waals surface area contributed by atoms with Crippen LogP contribution in [0.15, 0.2) is 5.16 Å². The number of amidine groups is 1.